The molecule has 0 saturated heterocycles. The monoisotopic (exact) mass is 399 g/mol. The lowest BCUT2D eigenvalue weighted by atomic mass is 10.1. The van der Waals surface area contributed by atoms with Gasteiger partial charge in [0, 0.05) is 18.1 Å². The van der Waals surface area contributed by atoms with Crippen LogP contribution < -0.4 is 26.3 Å². The van der Waals surface area contributed by atoms with Crippen molar-refractivity contribution in [2.75, 3.05) is 17.9 Å². The van der Waals surface area contributed by atoms with Crippen LogP contribution in [0.5, 0.6) is 5.75 Å². The van der Waals surface area contributed by atoms with Crippen molar-refractivity contribution in [1.82, 2.24) is 9.97 Å². The predicted molar refractivity (Wildman–Crippen MR) is 115 cm³/mol. The summed E-state index contributed by atoms with van der Waals surface area (Å²) in [6, 6.07) is 17.8. The number of benzene rings is 1. The highest BCUT2D eigenvalue weighted by atomic mass is 16.5. The van der Waals surface area contributed by atoms with Crippen LogP contribution in [0.25, 0.3) is 0 Å². The minimum Gasteiger partial charge on any atom is -0.497 e. The Bertz CT molecular complexity index is 1200. The standard InChI is InChI=1S/C22H17N5O3/c1-30-15-10-8-14(9-11-15)25-19-20(22(29)21(19)28)27-26-18(16-6-2-4-12-23-16)17-7-3-5-13-24-17/h2-13,25,27H,1H3. The summed E-state index contributed by atoms with van der Waals surface area (Å²) < 4.78 is 5.12. The maximum atomic E-state index is 12.1. The van der Waals surface area contributed by atoms with Gasteiger partial charge >= 0.3 is 0 Å². The molecule has 0 saturated carbocycles. The molecule has 8 heteroatoms. The Morgan fingerprint density at radius 3 is 1.97 bits per heavy atom. The first-order valence-corrected chi connectivity index (χ1v) is 9.08. The summed E-state index contributed by atoms with van der Waals surface area (Å²) in [4.78, 5) is 32.8. The maximum absolute atomic E-state index is 12.1. The Morgan fingerprint density at radius 2 is 1.43 bits per heavy atom. The molecule has 148 valence electrons. The Morgan fingerprint density at radius 1 is 0.833 bits per heavy atom. The zero-order chi connectivity index (χ0) is 20.9. The molecular formula is C22H17N5O3. The van der Waals surface area contributed by atoms with Crippen molar-refractivity contribution in [3.8, 4) is 5.75 Å². The lowest BCUT2D eigenvalue weighted by Crippen LogP contribution is -2.36. The average Bonchev–Trinajstić information content (AvgIpc) is 2.82. The molecule has 2 heterocycles. The van der Waals surface area contributed by atoms with Gasteiger partial charge in [0.2, 0.25) is 0 Å². The number of hydrazone groups is 1. The molecule has 4 rings (SSSR count). The summed E-state index contributed by atoms with van der Waals surface area (Å²) in [6.45, 7) is 0. The maximum Gasteiger partial charge on any atom is 0.255 e. The summed E-state index contributed by atoms with van der Waals surface area (Å²) in [7, 11) is 1.57. The van der Waals surface area contributed by atoms with E-state index in [1.807, 2.05) is 12.1 Å². The molecule has 0 unspecified atom stereocenters. The number of hydrogen-bond acceptors (Lipinski definition) is 8. The zero-order valence-electron chi connectivity index (χ0n) is 16.0. The highest BCUT2D eigenvalue weighted by molar-refractivity contribution is 6.10. The minimum absolute atomic E-state index is 0.0835. The molecule has 2 N–H and O–H groups in total. The third kappa shape index (κ3) is 3.79. The van der Waals surface area contributed by atoms with Crippen molar-refractivity contribution >= 4 is 22.8 Å². The van der Waals surface area contributed by atoms with E-state index < -0.39 is 10.9 Å². The number of nitrogens with one attached hydrogen (secondary N) is 2. The second kappa shape index (κ2) is 8.36. The van der Waals surface area contributed by atoms with Gasteiger partial charge in [0.25, 0.3) is 10.9 Å². The van der Waals surface area contributed by atoms with Crippen molar-refractivity contribution in [1.29, 1.82) is 0 Å². The van der Waals surface area contributed by atoms with Gasteiger partial charge in [0.1, 0.15) is 22.8 Å². The summed E-state index contributed by atoms with van der Waals surface area (Å²) in [5.41, 5.74) is 3.94. The minimum atomic E-state index is -0.642. The van der Waals surface area contributed by atoms with Crippen LogP contribution in [-0.4, -0.2) is 22.8 Å². The molecule has 0 atom stereocenters. The number of aromatic nitrogens is 2. The summed E-state index contributed by atoms with van der Waals surface area (Å²) >= 11 is 0. The van der Waals surface area contributed by atoms with Crippen LogP contribution in [0.3, 0.4) is 0 Å². The number of methoxy groups -OCH3 is 1. The van der Waals surface area contributed by atoms with Gasteiger partial charge in [-0.3, -0.25) is 25.0 Å². The Kier molecular flexibility index (Phi) is 5.29. The van der Waals surface area contributed by atoms with Crippen LogP contribution in [0, 0.1) is 0 Å². The van der Waals surface area contributed by atoms with E-state index in [1.54, 1.807) is 68.0 Å². The molecule has 0 bridgehead atoms. The van der Waals surface area contributed by atoms with Crippen molar-refractivity contribution in [2.45, 2.75) is 0 Å². The predicted octanol–water partition coefficient (Wildman–Crippen LogP) is 2.69. The molecule has 0 aliphatic heterocycles. The number of pyridine rings is 2. The van der Waals surface area contributed by atoms with E-state index in [9.17, 15) is 9.59 Å². The number of anilines is 3. The molecule has 2 aromatic carbocycles. The quantitative estimate of drug-likeness (QED) is 0.280. The Hall–Kier alpha value is -4.33. The fraction of sp³-hybridized carbons (Fsp3) is 0.0455. The first-order chi connectivity index (χ1) is 14.7. The fourth-order valence-electron chi connectivity index (χ4n) is 2.80. The van der Waals surface area contributed by atoms with Crippen LogP contribution in [-0.2, 0) is 0 Å². The number of ether oxygens (including phenoxy) is 1. The molecule has 30 heavy (non-hydrogen) atoms. The van der Waals surface area contributed by atoms with E-state index in [-0.39, 0.29) is 11.4 Å². The first-order valence-electron chi connectivity index (χ1n) is 9.08. The highest BCUT2D eigenvalue weighted by Crippen LogP contribution is 2.23. The van der Waals surface area contributed by atoms with Crippen LogP contribution >= 0.6 is 0 Å². The third-order valence-corrected chi connectivity index (χ3v) is 4.36. The number of rotatable bonds is 7. The smallest absolute Gasteiger partial charge is 0.255 e. The Balaban J connectivity index is 1.64. The normalized spacial score (nSPS) is 10.4. The van der Waals surface area contributed by atoms with E-state index in [4.69, 9.17) is 4.74 Å². The molecule has 0 radical (unpaired) electrons. The highest BCUT2D eigenvalue weighted by Gasteiger charge is 2.21. The van der Waals surface area contributed by atoms with Gasteiger partial charge in [-0.15, -0.1) is 0 Å². The molecule has 0 aliphatic rings. The summed E-state index contributed by atoms with van der Waals surface area (Å²) in [5.74, 6) is 0.684. The second-order valence-corrected chi connectivity index (χ2v) is 6.26. The fourth-order valence-corrected chi connectivity index (χ4v) is 2.80. The SMILES string of the molecule is COc1ccc(Nc2c(NN=C(c3ccccn3)c3ccccn3)c(=O)c2=O)cc1. The van der Waals surface area contributed by atoms with Gasteiger partial charge in [-0.05, 0) is 48.5 Å². The van der Waals surface area contributed by atoms with E-state index >= 15 is 0 Å². The van der Waals surface area contributed by atoms with Gasteiger partial charge < -0.3 is 10.1 Å². The summed E-state index contributed by atoms with van der Waals surface area (Å²) in [5, 5.41) is 7.29. The number of nitrogens with zero attached hydrogens (tertiary/aromatic N) is 3. The van der Waals surface area contributed by atoms with Crippen molar-refractivity contribution in [2.24, 2.45) is 5.10 Å². The molecule has 0 amide bonds. The lowest BCUT2D eigenvalue weighted by Gasteiger charge is -2.14. The van der Waals surface area contributed by atoms with Crippen molar-refractivity contribution in [3.05, 3.63) is 105 Å². The summed E-state index contributed by atoms with van der Waals surface area (Å²) in [6.07, 6.45) is 3.28. The molecule has 0 aliphatic carbocycles. The van der Waals surface area contributed by atoms with E-state index in [0.717, 1.165) is 0 Å². The largest absolute Gasteiger partial charge is 0.497 e. The zero-order valence-corrected chi connectivity index (χ0v) is 16.0. The van der Waals surface area contributed by atoms with Gasteiger partial charge in [0.05, 0.1) is 18.5 Å². The molecular weight excluding hydrogens is 382 g/mol. The van der Waals surface area contributed by atoms with Crippen molar-refractivity contribution < 1.29 is 4.74 Å². The molecule has 4 aromatic rings. The van der Waals surface area contributed by atoms with Crippen LogP contribution in [0.15, 0.2) is 87.7 Å². The van der Waals surface area contributed by atoms with Crippen LogP contribution in [0.2, 0.25) is 0 Å². The molecule has 2 aromatic heterocycles. The van der Waals surface area contributed by atoms with Gasteiger partial charge in [0.15, 0.2) is 0 Å². The third-order valence-electron chi connectivity index (χ3n) is 4.36. The molecule has 0 fully saturated rings. The number of hydrogen-bond donors (Lipinski definition) is 2. The van der Waals surface area contributed by atoms with Gasteiger partial charge in [-0.25, -0.2) is 0 Å². The van der Waals surface area contributed by atoms with Gasteiger partial charge in [-0.1, -0.05) is 12.1 Å². The van der Waals surface area contributed by atoms with Crippen LogP contribution in [0.1, 0.15) is 11.4 Å². The van der Waals surface area contributed by atoms with Gasteiger partial charge in [-0.2, -0.15) is 5.10 Å². The first kappa shape index (κ1) is 19.0. The average molecular weight is 399 g/mol. The topological polar surface area (TPSA) is 106 Å². The molecule has 0 spiro atoms. The van der Waals surface area contributed by atoms with E-state index in [0.29, 0.717) is 28.5 Å². The van der Waals surface area contributed by atoms with Crippen molar-refractivity contribution in [3.63, 3.8) is 0 Å². The second-order valence-electron chi connectivity index (χ2n) is 6.26. The van der Waals surface area contributed by atoms with E-state index in [2.05, 4.69) is 25.8 Å². The lowest BCUT2D eigenvalue weighted by molar-refractivity contribution is 0.415. The van der Waals surface area contributed by atoms with E-state index in [1.165, 1.54) is 0 Å². The Labute approximate surface area is 171 Å². The molecule has 8 nitrogen and oxygen atoms in total. The van der Waals surface area contributed by atoms with Crippen LogP contribution in [0.4, 0.5) is 17.1 Å².